The van der Waals surface area contributed by atoms with Crippen molar-refractivity contribution in [1.82, 2.24) is 10.3 Å². The Labute approximate surface area is 176 Å². The number of halogens is 1. The number of carbonyl (C=O) groups excluding carboxylic acids is 1. The molecule has 1 amide bonds. The summed E-state index contributed by atoms with van der Waals surface area (Å²) < 4.78 is 31.4. The maximum Gasteiger partial charge on any atom is 0.407 e. The second-order valence-corrected chi connectivity index (χ2v) is 8.62. The van der Waals surface area contributed by atoms with Gasteiger partial charge in [0.2, 0.25) is 5.88 Å². The van der Waals surface area contributed by atoms with Crippen LogP contribution in [0.3, 0.4) is 0 Å². The van der Waals surface area contributed by atoms with Crippen LogP contribution in [0.5, 0.6) is 5.88 Å². The molecule has 0 radical (unpaired) electrons. The van der Waals surface area contributed by atoms with E-state index in [4.69, 9.17) is 19.9 Å². The molecule has 3 N–H and O–H groups in total. The fraction of sp³-hybridized carbons (Fsp3) is 0.545. The van der Waals surface area contributed by atoms with E-state index in [9.17, 15) is 9.18 Å². The predicted octanol–water partition coefficient (Wildman–Crippen LogP) is 3.32. The summed E-state index contributed by atoms with van der Waals surface area (Å²) in [4.78, 5) is 16.9. The number of amides is 1. The van der Waals surface area contributed by atoms with E-state index in [1.807, 2.05) is 6.07 Å². The first-order valence-corrected chi connectivity index (χ1v) is 10.1. The molecule has 1 saturated heterocycles. The van der Waals surface area contributed by atoms with Gasteiger partial charge in [-0.25, -0.2) is 14.2 Å². The number of nitrogens with zero attached hydrogens (tertiary/aromatic N) is 1. The summed E-state index contributed by atoms with van der Waals surface area (Å²) in [5, 5.41) is 3.66. The van der Waals surface area contributed by atoms with Gasteiger partial charge in [0.1, 0.15) is 11.4 Å². The lowest BCUT2D eigenvalue weighted by Gasteiger charge is -2.34. The Morgan fingerprint density at radius 3 is 2.70 bits per heavy atom. The van der Waals surface area contributed by atoms with Crippen LogP contribution in [0.15, 0.2) is 24.3 Å². The number of hydrogen-bond acceptors (Lipinski definition) is 6. The first kappa shape index (κ1) is 22.2. The van der Waals surface area contributed by atoms with E-state index >= 15 is 0 Å². The van der Waals surface area contributed by atoms with Gasteiger partial charge in [0.15, 0.2) is 0 Å². The lowest BCUT2D eigenvalue weighted by atomic mass is 9.93. The molecule has 1 aliphatic rings. The molecule has 30 heavy (non-hydrogen) atoms. The average molecular weight is 419 g/mol. The van der Waals surface area contributed by atoms with Gasteiger partial charge in [-0.2, -0.15) is 0 Å². The number of aromatic nitrogens is 1. The number of benzene rings is 1. The molecule has 0 saturated carbocycles. The van der Waals surface area contributed by atoms with Crippen molar-refractivity contribution in [2.24, 2.45) is 5.73 Å². The Kier molecular flexibility index (Phi) is 6.77. The Balaban J connectivity index is 1.92. The standard InChI is InChI=1S/C22H30FN3O4/c1-22(2,3)30-21(27)25-17(18-9-7-14(24)12-29-18)11-15-16(23)8-5-13-6-10-19(28-4)26-20(13)15/h5-6,8,10,14,17-18H,7,9,11-12,24H2,1-4H3,(H,25,27)/t14-,17+,18-/m1/s1. The number of alkyl carbamates (subject to hydrolysis) is 1. The van der Waals surface area contributed by atoms with E-state index in [1.165, 1.54) is 13.2 Å². The third kappa shape index (κ3) is 5.58. The zero-order valence-electron chi connectivity index (χ0n) is 17.9. The number of carbonyl (C=O) groups is 1. The molecule has 1 aliphatic heterocycles. The Morgan fingerprint density at radius 2 is 2.07 bits per heavy atom. The van der Waals surface area contributed by atoms with Crippen LogP contribution in [0.2, 0.25) is 0 Å². The third-order valence-corrected chi connectivity index (χ3v) is 5.01. The minimum Gasteiger partial charge on any atom is -0.481 e. The quantitative estimate of drug-likeness (QED) is 0.772. The monoisotopic (exact) mass is 419 g/mol. The fourth-order valence-electron chi connectivity index (χ4n) is 3.58. The van der Waals surface area contributed by atoms with Gasteiger partial charge < -0.3 is 25.3 Å². The van der Waals surface area contributed by atoms with E-state index in [0.717, 1.165) is 11.8 Å². The third-order valence-electron chi connectivity index (χ3n) is 5.01. The van der Waals surface area contributed by atoms with E-state index in [0.29, 0.717) is 30.0 Å². The summed E-state index contributed by atoms with van der Waals surface area (Å²) in [5.74, 6) is -0.00218. The van der Waals surface area contributed by atoms with Crippen LogP contribution >= 0.6 is 0 Å². The molecule has 0 aliphatic carbocycles. The van der Waals surface area contributed by atoms with Crippen molar-refractivity contribution in [2.75, 3.05) is 13.7 Å². The van der Waals surface area contributed by atoms with Gasteiger partial charge in [-0.1, -0.05) is 0 Å². The number of pyridine rings is 1. The zero-order chi connectivity index (χ0) is 21.9. The fourth-order valence-corrected chi connectivity index (χ4v) is 3.58. The Hall–Kier alpha value is -2.45. The lowest BCUT2D eigenvalue weighted by Crippen LogP contribution is -2.51. The molecule has 164 valence electrons. The minimum atomic E-state index is -0.649. The number of nitrogens with one attached hydrogen (secondary N) is 1. The van der Waals surface area contributed by atoms with Gasteiger partial charge in [-0.05, 0) is 51.8 Å². The minimum absolute atomic E-state index is 0.0383. The molecule has 0 bridgehead atoms. The van der Waals surface area contributed by atoms with Crippen molar-refractivity contribution in [3.05, 3.63) is 35.6 Å². The largest absolute Gasteiger partial charge is 0.481 e. The molecular formula is C22H30FN3O4. The predicted molar refractivity (Wildman–Crippen MR) is 112 cm³/mol. The molecule has 1 fully saturated rings. The van der Waals surface area contributed by atoms with Crippen molar-refractivity contribution >= 4 is 17.0 Å². The maximum absolute atomic E-state index is 14.9. The van der Waals surface area contributed by atoms with Crippen LogP contribution < -0.4 is 15.8 Å². The Bertz CT molecular complexity index is 892. The van der Waals surface area contributed by atoms with E-state index < -0.39 is 23.6 Å². The number of methoxy groups -OCH3 is 1. The highest BCUT2D eigenvalue weighted by atomic mass is 19.1. The van der Waals surface area contributed by atoms with Gasteiger partial charge in [-0.3, -0.25) is 0 Å². The number of hydrogen-bond donors (Lipinski definition) is 2. The molecule has 1 aromatic heterocycles. The molecular weight excluding hydrogens is 389 g/mol. The highest BCUT2D eigenvalue weighted by molar-refractivity contribution is 5.82. The average Bonchev–Trinajstić information content (AvgIpc) is 2.68. The second-order valence-electron chi connectivity index (χ2n) is 8.62. The molecule has 2 aromatic rings. The maximum atomic E-state index is 14.9. The normalized spacial score (nSPS) is 20.6. The van der Waals surface area contributed by atoms with Crippen LogP contribution in [0, 0.1) is 5.82 Å². The van der Waals surface area contributed by atoms with Gasteiger partial charge in [0.25, 0.3) is 0 Å². The number of ether oxygens (including phenoxy) is 3. The van der Waals surface area contributed by atoms with Crippen molar-refractivity contribution in [1.29, 1.82) is 0 Å². The van der Waals surface area contributed by atoms with Crippen LogP contribution in [0.25, 0.3) is 10.9 Å². The summed E-state index contributed by atoms with van der Waals surface area (Å²) in [5.41, 5.74) is 6.19. The zero-order valence-corrected chi connectivity index (χ0v) is 17.9. The van der Waals surface area contributed by atoms with Crippen LogP contribution in [-0.2, 0) is 15.9 Å². The van der Waals surface area contributed by atoms with Gasteiger partial charge >= 0.3 is 6.09 Å². The van der Waals surface area contributed by atoms with E-state index in [1.54, 1.807) is 32.9 Å². The van der Waals surface area contributed by atoms with Crippen molar-refractivity contribution < 1.29 is 23.4 Å². The molecule has 0 unspecified atom stereocenters. The second kappa shape index (κ2) is 9.14. The first-order valence-electron chi connectivity index (χ1n) is 10.1. The lowest BCUT2D eigenvalue weighted by molar-refractivity contribution is -0.0204. The number of rotatable bonds is 5. The Morgan fingerprint density at radius 1 is 1.33 bits per heavy atom. The number of nitrogens with two attached hydrogens (primary N) is 1. The van der Waals surface area contributed by atoms with Gasteiger partial charge in [0.05, 0.1) is 31.4 Å². The van der Waals surface area contributed by atoms with Crippen LogP contribution in [0.1, 0.15) is 39.2 Å². The van der Waals surface area contributed by atoms with Crippen LogP contribution in [0.4, 0.5) is 9.18 Å². The highest BCUT2D eigenvalue weighted by Gasteiger charge is 2.31. The summed E-state index contributed by atoms with van der Waals surface area (Å²) in [6.07, 6.45) is 0.740. The summed E-state index contributed by atoms with van der Waals surface area (Å²) in [7, 11) is 1.51. The van der Waals surface area contributed by atoms with E-state index in [-0.39, 0.29) is 18.6 Å². The van der Waals surface area contributed by atoms with Crippen molar-refractivity contribution in [3.8, 4) is 5.88 Å². The topological polar surface area (TPSA) is 95.7 Å². The summed E-state index contributed by atoms with van der Waals surface area (Å²) in [6, 6.07) is 6.10. The highest BCUT2D eigenvalue weighted by Crippen LogP contribution is 2.26. The molecule has 0 spiro atoms. The summed E-state index contributed by atoms with van der Waals surface area (Å²) in [6.45, 7) is 5.76. The molecule has 3 atom stereocenters. The SMILES string of the molecule is COc1ccc2ccc(F)c(C[C@H](NC(=O)OC(C)(C)C)[C@H]3CC[C@@H](N)CO3)c2n1. The van der Waals surface area contributed by atoms with Gasteiger partial charge in [0, 0.05) is 29.5 Å². The summed E-state index contributed by atoms with van der Waals surface area (Å²) >= 11 is 0. The van der Waals surface area contributed by atoms with Crippen molar-refractivity contribution in [2.45, 2.75) is 63.8 Å². The molecule has 2 heterocycles. The number of fused-ring (bicyclic) bond motifs is 1. The van der Waals surface area contributed by atoms with E-state index in [2.05, 4.69) is 10.3 Å². The smallest absolute Gasteiger partial charge is 0.407 e. The van der Waals surface area contributed by atoms with Crippen LogP contribution in [-0.4, -0.2) is 48.6 Å². The molecule has 8 heteroatoms. The molecule has 1 aromatic carbocycles. The van der Waals surface area contributed by atoms with Crippen molar-refractivity contribution in [3.63, 3.8) is 0 Å². The molecule has 3 rings (SSSR count). The van der Waals surface area contributed by atoms with Gasteiger partial charge in [-0.15, -0.1) is 0 Å². The first-order chi connectivity index (χ1) is 14.2. The molecule has 7 nitrogen and oxygen atoms in total.